The number of amides is 2. The number of aliphatic hydroxyl groups is 1. The highest BCUT2D eigenvalue weighted by atomic mass is 16.3. The Balaban J connectivity index is 1.36. The van der Waals surface area contributed by atoms with Gasteiger partial charge in [-0.3, -0.25) is 14.5 Å². The maximum atomic E-state index is 13.2. The molecule has 5 heteroatoms. The van der Waals surface area contributed by atoms with Crippen LogP contribution in [0.15, 0.2) is 84.9 Å². The minimum absolute atomic E-state index is 0.0662. The molecule has 1 atom stereocenters. The quantitative estimate of drug-likeness (QED) is 0.432. The molecule has 2 amide bonds. The van der Waals surface area contributed by atoms with Gasteiger partial charge in [-0.05, 0) is 29.7 Å². The molecule has 0 bridgehead atoms. The third-order valence-electron chi connectivity index (χ3n) is 6.32. The Morgan fingerprint density at radius 3 is 1.75 bits per heavy atom. The van der Waals surface area contributed by atoms with E-state index < -0.39 is 6.10 Å². The molecule has 2 heterocycles. The molecule has 4 aromatic carbocycles. The van der Waals surface area contributed by atoms with E-state index in [0.717, 1.165) is 27.2 Å². The van der Waals surface area contributed by atoms with Crippen molar-refractivity contribution in [3.8, 4) is 0 Å². The number of aliphatic hydroxyl groups excluding tert-OH is 1. The average Bonchev–Trinajstić information content (AvgIpc) is 3.14. The first kappa shape index (κ1) is 18.8. The number of aromatic nitrogens is 1. The Hall–Kier alpha value is -3.96. The van der Waals surface area contributed by atoms with E-state index in [4.69, 9.17) is 0 Å². The summed E-state index contributed by atoms with van der Waals surface area (Å²) in [6, 6.07) is 27.0. The van der Waals surface area contributed by atoms with Crippen LogP contribution in [0.5, 0.6) is 0 Å². The van der Waals surface area contributed by atoms with Gasteiger partial charge >= 0.3 is 0 Å². The van der Waals surface area contributed by atoms with Crippen molar-refractivity contribution in [1.82, 2.24) is 9.47 Å². The van der Waals surface area contributed by atoms with Crippen molar-refractivity contribution in [2.24, 2.45) is 0 Å². The standard InChI is InChI=1S/C27H20N2O3/c30-18(15-28-23-13-3-1-9-19(23)20-10-2-4-14-24(20)28)16-29-26(31)21-11-5-7-17-8-6-12-22(25(17)21)27(29)32/h1-14,18,30H,15-16H2/t18-/m0/s1. The van der Waals surface area contributed by atoms with Gasteiger partial charge in [-0.25, -0.2) is 0 Å². The molecule has 1 aromatic heterocycles. The first-order valence-corrected chi connectivity index (χ1v) is 10.7. The van der Waals surface area contributed by atoms with Gasteiger partial charge < -0.3 is 9.67 Å². The van der Waals surface area contributed by atoms with Crippen molar-refractivity contribution < 1.29 is 14.7 Å². The van der Waals surface area contributed by atoms with Crippen LogP contribution in [0.3, 0.4) is 0 Å². The van der Waals surface area contributed by atoms with Crippen LogP contribution in [0.4, 0.5) is 0 Å². The second-order valence-electron chi connectivity index (χ2n) is 8.23. The number of fused-ring (bicyclic) bond motifs is 3. The van der Waals surface area contributed by atoms with Crippen molar-refractivity contribution in [1.29, 1.82) is 0 Å². The van der Waals surface area contributed by atoms with Gasteiger partial charge in [-0.15, -0.1) is 0 Å². The zero-order chi connectivity index (χ0) is 21.8. The lowest BCUT2D eigenvalue weighted by Crippen LogP contribution is -2.45. The van der Waals surface area contributed by atoms with Crippen LogP contribution < -0.4 is 0 Å². The maximum Gasteiger partial charge on any atom is 0.261 e. The summed E-state index contributed by atoms with van der Waals surface area (Å²) in [5.74, 6) is -0.721. The van der Waals surface area contributed by atoms with E-state index in [1.165, 1.54) is 4.90 Å². The minimum atomic E-state index is -0.911. The summed E-state index contributed by atoms with van der Waals surface area (Å²) in [6.07, 6.45) is -0.911. The number of β-amino-alcohol motifs (C(OH)–C–C–N with tert-alkyl or cyclic N) is 1. The first-order valence-electron chi connectivity index (χ1n) is 10.7. The molecule has 0 saturated heterocycles. The molecule has 6 rings (SSSR count). The van der Waals surface area contributed by atoms with Crippen LogP contribution in [0.25, 0.3) is 32.6 Å². The van der Waals surface area contributed by atoms with Crippen molar-refractivity contribution in [2.75, 3.05) is 6.54 Å². The number of rotatable bonds is 4. The van der Waals surface area contributed by atoms with Gasteiger partial charge in [0.1, 0.15) is 0 Å². The number of imide groups is 1. The van der Waals surface area contributed by atoms with Crippen molar-refractivity contribution >= 4 is 44.4 Å². The minimum Gasteiger partial charge on any atom is -0.389 e. The number of hydrogen-bond donors (Lipinski definition) is 1. The van der Waals surface area contributed by atoms with Crippen molar-refractivity contribution in [3.05, 3.63) is 96.1 Å². The van der Waals surface area contributed by atoms with Crippen LogP contribution in [0.1, 0.15) is 20.7 Å². The van der Waals surface area contributed by atoms with Gasteiger partial charge in [0.25, 0.3) is 11.8 Å². The van der Waals surface area contributed by atoms with Crippen LogP contribution in [-0.4, -0.2) is 39.0 Å². The van der Waals surface area contributed by atoms with E-state index >= 15 is 0 Å². The van der Waals surface area contributed by atoms with Crippen LogP contribution >= 0.6 is 0 Å². The van der Waals surface area contributed by atoms with E-state index in [-0.39, 0.29) is 24.9 Å². The third-order valence-corrected chi connectivity index (χ3v) is 6.32. The predicted molar refractivity (Wildman–Crippen MR) is 125 cm³/mol. The molecule has 0 unspecified atom stereocenters. The predicted octanol–water partition coefficient (Wildman–Crippen LogP) is 4.60. The molecule has 32 heavy (non-hydrogen) atoms. The molecular formula is C27H20N2O3. The Bertz CT molecular complexity index is 1450. The number of hydrogen-bond acceptors (Lipinski definition) is 3. The fourth-order valence-corrected chi connectivity index (χ4v) is 4.93. The van der Waals surface area contributed by atoms with Gasteiger partial charge in [0.2, 0.25) is 0 Å². The lowest BCUT2D eigenvalue weighted by atomic mass is 9.94. The normalized spacial score (nSPS) is 14.6. The highest BCUT2D eigenvalue weighted by molar-refractivity contribution is 6.25. The molecule has 1 N–H and O–H groups in total. The Morgan fingerprint density at radius 2 is 1.19 bits per heavy atom. The summed E-state index contributed by atoms with van der Waals surface area (Å²) in [7, 11) is 0. The van der Waals surface area contributed by atoms with E-state index in [0.29, 0.717) is 16.5 Å². The van der Waals surface area contributed by atoms with Gasteiger partial charge in [-0.2, -0.15) is 0 Å². The van der Waals surface area contributed by atoms with E-state index in [9.17, 15) is 14.7 Å². The number of benzene rings is 4. The summed E-state index contributed by atoms with van der Waals surface area (Å²) in [5, 5.41) is 14.8. The largest absolute Gasteiger partial charge is 0.389 e. The topological polar surface area (TPSA) is 62.5 Å². The highest BCUT2D eigenvalue weighted by Gasteiger charge is 2.34. The smallest absolute Gasteiger partial charge is 0.261 e. The molecule has 156 valence electrons. The molecule has 0 aliphatic carbocycles. The summed E-state index contributed by atoms with van der Waals surface area (Å²) in [4.78, 5) is 27.5. The molecular weight excluding hydrogens is 400 g/mol. The van der Waals surface area contributed by atoms with Gasteiger partial charge in [0.15, 0.2) is 0 Å². The van der Waals surface area contributed by atoms with E-state index in [2.05, 4.69) is 16.7 Å². The van der Waals surface area contributed by atoms with Crippen LogP contribution in [-0.2, 0) is 6.54 Å². The fourth-order valence-electron chi connectivity index (χ4n) is 4.93. The summed E-state index contributed by atoms with van der Waals surface area (Å²) in [5.41, 5.74) is 3.03. The monoisotopic (exact) mass is 420 g/mol. The first-order chi connectivity index (χ1) is 15.6. The molecule has 1 aliphatic rings. The molecule has 0 radical (unpaired) electrons. The van der Waals surface area contributed by atoms with Crippen LogP contribution in [0.2, 0.25) is 0 Å². The summed E-state index contributed by atoms with van der Waals surface area (Å²) in [6.45, 7) is 0.208. The fraction of sp³-hybridized carbons (Fsp3) is 0.111. The second-order valence-corrected chi connectivity index (χ2v) is 8.23. The van der Waals surface area contributed by atoms with Crippen molar-refractivity contribution in [2.45, 2.75) is 12.6 Å². The molecule has 0 spiro atoms. The second kappa shape index (κ2) is 7.04. The molecule has 0 fully saturated rings. The Morgan fingerprint density at radius 1 is 0.656 bits per heavy atom. The lowest BCUT2D eigenvalue weighted by Gasteiger charge is -2.29. The number of nitrogens with zero attached hydrogens (tertiary/aromatic N) is 2. The van der Waals surface area contributed by atoms with E-state index in [1.807, 2.05) is 60.7 Å². The Kier molecular flexibility index (Phi) is 4.13. The number of para-hydroxylation sites is 2. The highest BCUT2D eigenvalue weighted by Crippen LogP contribution is 2.31. The zero-order valence-electron chi connectivity index (χ0n) is 17.2. The average molecular weight is 420 g/mol. The van der Waals surface area contributed by atoms with Crippen molar-refractivity contribution in [3.63, 3.8) is 0 Å². The van der Waals surface area contributed by atoms with E-state index in [1.54, 1.807) is 12.1 Å². The molecule has 0 saturated carbocycles. The Labute approximate surface area is 184 Å². The third kappa shape index (κ3) is 2.68. The van der Waals surface area contributed by atoms with Gasteiger partial charge in [0, 0.05) is 38.3 Å². The summed E-state index contributed by atoms with van der Waals surface area (Å²) < 4.78 is 2.06. The van der Waals surface area contributed by atoms with Gasteiger partial charge in [-0.1, -0.05) is 60.7 Å². The SMILES string of the molecule is O=C1c2cccc3cccc(c23)C(=O)N1C[C@@H](O)Cn1c2ccccc2c2ccccc21. The molecule has 5 nitrogen and oxygen atoms in total. The maximum absolute atomic E-state index is 13.2. The number of carbonyl (C=O) groups is 2. The molecule has 5 aromatic rings. The van der Waals surface area contributed by atoms with Gasteiger partial charge in [0.05, 0.1) is 19.2 Å². The lowest BCUT2D eigenvalue weighted by molar-refractivity contribution is 0.0482. The zero-order valence-corrected chi connectivity index (χ0v) is 17.2. The molecule has 1 aliphatic heterocycles. The van der Waals surface area contributed by atoms with Crippen LogP contribution in [0, 0.1) is 0 Å². The number of carbonyl (C=O) groups excluding carboxylic acids is 2. The summed E-state index contributed by atoms with van der Waals surface area (Å²) >= 11 is 0.